The molecular formula is C15H15BrN2O2. The standard InChI is InChI=1S/C15H15BrN2O2/c1-9-7-14(11(3)20-9)15(19)18-17-10(2)12-5-4-6-13(16)8-12/h4-8H,1-3H3,(H,18,19)/b17-10-. The molecule has 0 unspecified atom stereocenters. The van der Waals surface area contributed by atoms with Gasteiger partial charge in [-0.15, -0.1) is 0 Å². The van der Waals surface area contributed by atoms with Crippen LogP contribution in [0.5, 0.6) is 0 Å². The first-order valence-electron chi connectivity index (χ1n) is 6.15. The average molecular weight is 335 g/mol. The lowest BCUT2D eigenvalue weighted by Crippen LogP contribution is -2.19. The van der Waals surface area contributed by atoms with Crippen LogP contribution in [0, 0.1) is 13.8 Å². The van der Waals surface area contributed by atoms with Gasteiger partial charge in [0.25, 0.3) is 5.91 Å². The van der Waals surface area contributed by atoms with E-state index in [4.69, 9.17) is 4.42 Å². The number of benzene rings is 1. The number of hydrogen-bond acceptors (Lipinski definition) is 3. The molecule has 1 aromatic heterocycles. The molecule has 0 fully saturated rings. The fourth-order valence-electron chi connectivity index (χ4n) is 1.83. The van der Waals surface area contributed by atoms with Crippen molar-refractivity contribution in [1.82, 2.24) is 5.43 Å². The van der Waals surface area contributed by atoms with Crippen molar-refractivity contribution in [2.24, 2.45) is 5.10 Å². The number of hydrogen-bond donors (Lipinski definition) is 1. The highest BCUT2D eigenvalue weighted by Gasteiger charge is 2.12. The van der Waals surface area contributed by atoms with Crippen LogP contribution in [0.25, 0.3) is 0 Å². The molecular weight excluding hydrogens is 320 g/mol. The third kappa shape index (κ3) is 3.36. The minimum atomic E-state index is -0.270. The summed E-state index contributed by atoms with van der Waals surface area (Å²) in [5, 5.41) is 4.12. The molecule has 104 valence electrons. The van der Waals surface area contributed by atoms with Crippen LogP contribution in [0.3, 0.4) is 0 Å². The van der Waals surface area contributed by atoms with Gasteiger partial charge in [-0.3, -0.25) is 4.79 Å². The highest BCUT2D eigenvalue weighted by atomic mass is 79.9. The lowest BCUT2D eigenvalue weighted by molar-refractivity contribution is 0.0953. The fourth-order valence-corrected chi connectivity index (χ4v) is 2.23. The van der Waals surface area contributed by atoms with Crippen molar-refractivity contribution in [1.29, 1.82) is 0 Å². The Morgan fingerprint density at radius 3 is 2.65 bits per heavy atom. The van der Waals surface area contributed by atoms with Gasteiger partial charge in [-0.05, 0) is 44.5 Å². The van der Waals surface area contributed by atoms with Crippen LogP contribution in [-0.2, 0) is 0 Å². The molecule has 0 aliphatic rings. The molecule has 0 aliphatic carbocycles. The summed E-state index contributed by atoms with van der Waals surface area (Å²) in [4.78, 5) is 12.0. The number of furan rings is 1. The van der Waals surface area contributed by atoms with Gasteiger partial charge in [0, 0.05) is 4.47 Å². The lowest BCUT2D eigenvalue weighted by atomic mass is 10.1. The molecule has 0 radical (unpaired) electrons. The van der Waals surface area contributed by atoms with Gasteiger partial charge in [0.1, 0.15) is 11.5 Å². The summed E-state index contributed by atoms with van der Waals surface area (Å²) in [5.41, 5.74) is 4.73. The maximum Gasteiger partial charge on any atom is 0.274 e. The third-order valence-corrected chi connectivity index (χ3v) is 3.35. The Hall–Kier alpha value is -1.88. The minimum Gasteiger partial charge on any atom is -0.466 e. The fraction of sp³-hybridized carbons (Fsp3) is 0.200. The van der Waals surface area contributed by atoms with Gasteiger partial charge in [-0.1, -0.05) is 28.1 Å². The van der Waals surface area contributed by atoms with Crippen LogP contribution in [0.4, 0.5) is 0 Å². The number of aryl methyl sites for hydroxylation is 2. The zero-order valence-corrected chi connectivity index (χ0v) is 13.1. The molecule has 1 amide bonds. The van der Waals surface area contributed by atoms with E-state index in [2.05, 4.69) is 26.5 Å². The van der Waals surface area contributed by atoms with E-state index in [1.165, 1.54) is 0 Å². The van der Waals surface area contributed by atoms with Gasteiger partial charge in [0.05, 0.1) is 11.3 Å². The highest BCUT2D eigenvalue weighted by Crippen LogP contribution is 2.14. The quantitative estimate of drug-likeness (QED) is 0.685. The van der Waals surface area contributed by atoms with Crippen LogP contribution in [-0.4, -0.2) is 11.6 Å². The van der Waals surface area contributed by atoms with Gasteiger partial charge in [0.15, 0.2) is 0 Å². The van der Waals surface area contributed by atoms with Crippen LogP contribution in [0.1, 0.15) is 34.4 Å². The first-order valence-corrected chi connectivity index (χ1v) is 6.94. The zero-order chi connectivity index (χ0) is 14.7. The molecule has 0 bridgehead atoms. The SMILES string of the molecule is C/C(=N/NC(=O)c1cc(C)oc1C)c1cccc(Br)c1. The number of halogens is 1. The highest BCUT2D eigenvalue weighted by molar-refractivity contribution is 9.10. The summed E-state index contributed by atoms with van der Waals surface area (Å²) in [7, 11) is 0. The summed E-state index contributed by atoms with van der Waals surface area (Å²) in [6.45, 7) is 5.40. The topological polar surface area (TPSA) is 54.6 Å². The average Bonchev–Trinajstić information content (AvgIpc) is 2.74. The normalized spacial score (nSPS) is 11.5. The first-order chi connectivity index (χ1) is 9.47. The van der Waals surface area contributed by atoms with Crippen molar-refractivity contribution in [3.05, 3.63) is 57.5 Å². The summed E-state index contributed by atoms with van der Waals surface area (Å²) >= 11 is 3.40. The number of nitrogens with zero attached hydrogens (tertiary/aromatic N) is 1. The second-order valence-corrected chi connectivity index (χ2v) is 5.39. The Bertz CT molecular complexity index is 674. The second-order valence-electron chi connectivity index (χ2n) is 4.48. The van der Waals surface area contributed by atoms with E-state index >= 15 is 0 Å². The number of hydrazone groups is 1. The predicted octanol–water partition coefficient (Wildman–Crippen LogP) is 3.81. The van der Waals surface area contributed by atoms with Crippen molar-refractivity contribution in [2.45, 2.75) is 20.8 Å². The molecule has 0 saturated carbocycles. The molecule has 5 heteroatoms. The molecule has 1 N–H and O–H groups in total. The van der Waals surface area contributed by atoms with Gasteiger partial charge >= 0.3 is 0 Å². The first kappa shape index (κ1) is 14.5. The molecule has 20 heavy (non-hydrogen) atoms. The van der Waals surface area contributed by atoms with Crippen molar-refractivity contribution < 1.29 is 9.21 Å². The van der Waals surface area contributed by atoms with E-state index in [0.717, 1.165) is 15.7 Å². The van der Waals surface area contributed by atoms with Crippen molar-refractivity contribution in [3.63, 3.8) is 0 Å². The van der Waals surface area contributed by atoms with E-state index < -0.39 is 0 Å². The maximum atomic E-state index is 12.0. The van der Waals surface area contributed by atoms with Crippen LogP contribution in [0.2, 0.25) is 0 Å². The van der Waals surface area contributed by atoms with Gasteiger partial charge in [0.2, 0.25) is 0 Å². The number of carbonyl (C=O) groups excluding carboxylic acids is 1. The van der Waals surface area contributed by atoms with E-state index in [1.54, 1.807) is 19.9 Å². The molecule has 0 atom stereocenters. The Kier molecular flexibility index (Phi) is 4.39. The lowest BCUT2D eigenvalue weighted by Gasteiger charge is -2.03. The Labute approximate surface area is 126 Å². The Morgan fingerprint density at radius 1 is 1.30 bits per heavy atom. The Balaban J connectivity index is 2.13. The number of amides is 1. The molecule has 2 rings (SSSR count). The molecule has 1 heterocycles. The maximum absolute atomic E-state index is 12.0. The van der Waals surface area contributed by atoms with Crippen LogP contribution in [0.15, 0.2) is 44.3 Å². The number of nitrogens with one attached hydrogen (secondary N) is 1. The summed E-state index contributed by atoms with van der Waals surface area (Å²) in [6, 6.07) is 9.44. The van der Waals surface area contributed by atoms with Crippen LogP contribution < -0.4 is 5.43 Å². The van der Waals surface area contributed by atoms with Gasteiger partial charge in [-0.25, -0.2) is 5.43 Å². The van der Waals surface area contributed by atoms with E-state index in [0.29, 0.717) is 17.1 Å². The van der Waals surface area contributed by atoms with E-state index in [9.17, 15) is 4.79 Å². The van der Waals surface area contributed by atoms with Crippen LogP contribution >= 0.6 is 15.9 Å². The molecule has 0 spiro atoms. The second kappa shape index (κ2) is 6.05. The Morgan fingerprint density at radius 2 is 2.05 bits per heavy atom. The minimum absolute atomic E-state index is 0.270. The summed E-state index contributed by atoms with van der Waals surface area (Å²) in [6.07, 6.45) is 0. The van der Waals surface area contributed by atoms with E-state index in [-0.39, 0.29) is 5.91 Å². The smallest absolute Gasteiger partial charge is 0.274 e. The molecule has 2 aromatic rings. The number of rotatable bonds is 3. The molecule has 1 aromatic carbocycles. The molecule has 0 saturated heterocycles. The number of carbonyl (C=O) groups is 1. The summed E-state index contributed by atoms with van der Waals surface area (Å²) < 4.78 is 6.30. The predicted molar refractivity (Wildman–Crippen MR) is 82.0 cm³/mol. The van der Waals surface area contributed by atoms with Gasteiger partial charge in [-0.2, -0.15) is 5.10 Å². The molecule has 0 aliphatic heterocycles. The van der Waals surface area contributed by atoms with Gasteiger partial charge < -0.3 is 4.42 Å². The zero-order valence-electron chi connectivity index (χ0n) is 11.5. The third-order valence-electron chi connectivity index (χ3n) is 2.85. The monoisotopic (exact) mass is 334 g/mol. The van der Waals surface area contributed by atoms with Crippen molar-refractivity contribution in [3.8, 4) is 0 Å². The van der Waals surface area contributed by atoms with Crippen molar-refractivity contribution >= 4 is 27.5 Å². The molecule has 4 nitrogen and oxygen atoms in total. The summed E-state index contributed by atoms with van der Waals surface area (Å²) in [5.74, 6) is 1.03. The van der Waals surface area contributed by atoms with Crippen molar-refractivity contribution in [2.75, 3.05) is 0 Å². The largest absolute Gasteiger partial charge is 0.466 e. The van der Waals surface area contributed by atoms with E-state index in [1.807, 2.05) is 31.2 Å².